The molecule has 0 heterocycles. The molecule has 0 aliphatic rings. The standard InChI is InChI=1S/C13H21NO3S/c1-11(2)10-18(15,16)14-9-13(17-3)12-7-5-4-6-8-12/h4-8,11,13-14H,9-10H2,1-3H3. The minimum atomic E-state index is -3.22. The third-order valence-electron chi connectivity index (χ3n) is 2.50. The minimum absolute atomic E-state index is 0.111. The van der Waals surface area contributed by atoms with E-state index in [-0.39, 0.29) is 24.3 Å². The first kappa shape index (κ1) is 15.1. The first-order valence-corrected chi connectivity index (χ1v) is 7.65. The summed E-state index contributed by atoms with van der Waals surface area (Å²) >= 11 is 0. The molecule has 1 unspecified atom stereocenters. The first-order chi connectivity index (χ1) is 8.44. The number of sulfonamides is 1. The van der Waals surface area contributed by atoms with Gasteiger partial charge in [0.2, 0.25) is 10.0 Å². The number of methoxy groups -OCH3 is 1. The molecule has 0 spiro atoms. The number of rotatable bonds is 7. The van der Waals surface area contributed by atoms with Crippen LogP contribution in [0.25, 0.3) is 0 Å². The van der Waals surface area contributed by atoms with Crippen LogP contribution in [0.3, 0.4) is 0 Å². The van der Waals surface area contributed by atoms with Gasteiger partial charge >= 0.3 is 0 Å². The maximum Gasteiger partial charge on any atom is 0.211 e. The molecular weight excluding hydrogens is 250 g/mol. The van der Waals surface area contributed by atoms with E-state index in [9.17, 15) is 8.42 Å². The second kappa shape index (κ2) is 6.87. The predicted molar refractivity (Wildman–Crippen MR) is 72.8 cm³/mol. The summed E-state index contributed by atoms with van der Waals surface area (Å²) in [5.41, 5.74) is 0.965. The topological polar surface area (TPSA) is 55.4 Å². The maximum absolute atomic E-state index is 11.7. The van der Waals surface area contributed by atoms with Crippen molar-refractivity contribution in [3.8, 4) is 0 Å². The first-order valence-electron chi connectivity index (χ1n) is 5.99. The van der Waals surface area contributed by atoms with Crippen molar-refractivity contribution >= 4 is 10.0 Å². The highest BCUT2D eigenvalue weighted by atomic mass is 32.2. The van der Waals surface area contributed by atoms with Gasteiger partial charge < -0.3 is 4.74 Å². The molecule has 5 heteroatoms. The average Bonchev–Trinajstić information content (AvgIpc) is 2.29. The minimum Gasteiger partial charge on any atom is -0.375 e. The normalized spacial score (nSPS) is 13.8. The zero-order valence-corrected chi connectivity index (χ0v) is 11.9. The number of benzene rings is 1. The van der Waals surface area contributed by atoms with E-state index in [1.807, 2.05) is 44.2 Å². The van der Waals surface area contributed by atoms with Gasteiger partial charge in [0.1, 0.15) is 0 Å². The van der Waals surface area contributed by atoms with Crippen molar-refractivity contribution in [1.82, 2.24) is 4.72 Å². The second-order valence-electron chi connectivity index (χ2n) is 4.66. The highest BCUT2D eigenvalue weighted by molar-refractivity contribution is 7.89. The monoisotopic (exact) mass is 271 g/mol. The third-order valence-corrected chi connectivity index (χ3v) is 4.21. The molecule has 102 valence electrons. The van der Waals surface area contributed by atoms with Crippen LogP contribution in [0.5, 0.6) is 0 Å². The zero-order valence-electron chi connectivity index (χ0n) is 11.1. The third kappa shape index (κ3) is 5.16. The molecule has 1 aromatic rings. The molecule has 0 saturated heterocycles. The Kier molecular flexibility index (Phi) is 5.78. The van der Waals surface area contributed by atoms with Crippen LogP contribution >= 0.6 is 0 Å². The molecule has 0 aromatic heterocycles. The van der Waals surface area contributed by atoms with Crippen LogP contribution in [-0.2, 0) is 14.8 Å². The van der Waals surface area contributed by atoms with Crippen molar-refractivity contribution in [2.24, 2.45) is 5.92 Å². The number of hydrogen-bond acceptors (Lipinski definition) is 3. The molecule has 0 radical (unpaired) electrons. The average molecular weight is 271 g/mol. The Bertz CT molecular complexity index is 443. The molecule has 0 amide bonds. The summed E-state index contributed by atoms with van der Waals surface area (Å²) in [4.78, 5) is 0. The van der Waals surface area contributed by atoms with Crippen LogP contribution in [0.4, 0.5) is 0 Å². The summed E-state index contributed by atoms with van der Waals surface area (Å²) in [7, 11) is -1.65. The summed E-state index contributed by atoms with van der Waals surface area (Å²) in [5, 5.41) is 0. The van der Waals surface area contributed by atoms with Crippen LogP contribution in [0.15, 0.2) is 30.3 Å². The molecule has 1 N–H and O–H groups in total. The molecule has 1 aromatic carbocycles. The van der Waals surface area contributed by atoms with E-state index in [0.717, 1.165) is 5.56 Å². The smallest absolute Gasteiger partial charge is 0.211 e. The van der Waals surface area contributed by atoms with Crippen molar-refractivity contribution in [2.45, 2.75) is 20.0 Å². The van der Waals surface area contributed by atoms with Gasteiger partial charge in [0.25, 0.3) is 0 Å². The Labute approximate surface area is 109 Å². The number of nitrogens with one attached hydrogen (secondary N) is 1. The quantitative estimate of drug-likeness (QED) is 0.824. The van der Waals surface area contributed by atoms with E-state index in [1.54, 1.807) is 7.11 Å². The Morgan fingerprint density at radius 2 is 1.83 bits per heavy atom. The van der Waals surface area contributed by atoms with Gasteiger partial charge in [-0.2, -0.15) is 0 Å². The number of ether oxygens (including phenoxy) is 1. The molecule has 4 nitrogen and oxygen atoms in total. The maximum atomic E-state index is 11.7. The van der Waals surface area contributed by atoms with Gasteiger partial charge in [0.15, 0.2) is 0 Å². The van der Waals surface area contributed by atoms with Crippen molar-refractivity contribution in [3.63, 3.8) is 0 Å². The van der Waals surface area contributed by atoms with Crippen molar-refractivity contribution in [1.29, 1.82) is 0 Å². The van der Waals surface area contributed by atoms with E-state index in [2.05, 4.69) is 4.72 Å². The van der Waals surface area contributed by atoms with E-state index >= 15 is 0 Å². The Morgan fingerprint density at radius 1 is 1.22 bits per heavy atom. The Balaban J connectivity index is 2.61. The lowest BCUT2D eigenvalue weighted by molar-refractivity contribution is 0.107. The zero-order chi connectivity index (χ0) is 13.6. The predicted octanol–water partition coefficient (Wildman–Crippen LogP) is 1.95. The van der Waals surface area contributed by atoms with Crippen LogP contribution in [0, 0.1) is 5.92 Å². The van der Waals surface area contributed by atoms with Crippen LogP contribution in [0.1, 0.15) is 25.5 Å². The molecule has 0 aliphatic heterocycles. The van der Waals surface area contributed by atoms with Crippen molar-refractivity contribution < 1.29 is 13.2 Å². The molecule has 0 aliphatic carbocycles. The fourth-order valence-electron chi connectivity index (χ4n) is 1.71. The highest BCUT2D eigenvalue weighted by Gasteiger charge is 2.16. The second-order valence-corrected chi connectivity index (χ2v) is 6.51. The Morgan fingerprint density at radius 3 is 2.33 bits per heavy atom. The van der Waals surface area contributed by atoms with Gasteiger partial charge in [-0.15, -0.1) is 0 Å². The molecule has 0 fully saturated rings. The van der Waals surface area contributed by atoms with Crippen molar-refractivity contribution in [3.05, 3.63) is 35.9 Å². The van der Waals surface area contributed by atoms with Crippen LogP contribution in [-0.4, -0.2) is 27.8 Å². The van der Waals surface area contributed by atoms with Gasteiger partial charge in [-0.1, -0.05) is 44.2 Å². The van der Waals surface area contributed by atoms with E-state index in [4.69, 9.17) is 4.74 Å². The van der Waals surface area contributed by atoms with E-state index < -0.39 is 10.0 Å². The van der Waals surface area contributed by atoms with Gasteiger partial charge in [-0.3, -0.25) is 0 Å². The van der Waals surface area contributed by atoms with E-state index in [1.165, 1.54) is 0 Å². The van der Waals surface area contributed by atoms with E-state index in [0.29, 0.717) is 0 Å². The molecule has 0 bridgehead atoms. The lowest BCUT2D eigenvalue weighted by atomic mass is 10.1. The Hall–Kier alpha value is -0.910. The molecule has 1 atom stereocenters. The van der Waals surface area contributed by atoms with Gasteiger partial charge in [-0.25, -0.2) is 13.1 Å². The molecule has 1 rings (SSSR count). The fraction of sp³-hybridized carbons (Fsp3) is 0.538. The van der Waals surface area contributed by atoms with Gasteiger partial charge in [0, 0.05) is 13.7 Å². The lowest BCUT2D eigenvalue weighted by Crippen LogP contribution is -2.32. The lowest BCUT2D eigenvalue weighted by Gasteiger charge is -2.17. The summed E-state index contributed by atoms with van der Waals surface area (Å²) in [6, 6.07) is 9.57. The van der Waals surface area contributed by atoms with Crippen molar-refractivity contribution in [2.75, 3.05) is 19.4 Å². The summed E-state index contributed by atoms with van der Waals surface area (Å²) in [6.07, 6.45) is -0.256. The highest BCUT2D eigenvalue weighted by Crippen LogP contribution is 2.15. The molecule has 18 heavy (non-hydrogen) atoms. The summed E-state index contributed by atoms with van der Waals surface area (Å²) in [6.45, 7) is 4.02. The van der Waals surface area contributed by atoms with Gasteiger partial charge in [-0.05, 0) is 11.5 Å². The summed E-state index contributed by atoms with van der Waals surface area (Å²) in [5.74, 6) is 0.248. The van der Waals surface area contributed by atoms with Crippen LogP contribution in [0.2, 0.25) is 0 Å². The van der Waals surface area contributed by atoms with Gasteiger partial charge in [0.05, 0.1) is 11.9 Å². The molecular formula is C13H21NO3S. The number of hydrogen-bond donors (Lipinski definition) is 1. The fourth-order valence-corrected chi connectivity index (χ4v) is 3.11. The largest absolute Gasteiger partial charge is 0.375 e. The van der Waals surface area contributed by atoms with Crippen LogP contribution < -0.4 is 4.72 Å². The summed E-state index contributed by atoms with van der Waals surface area (Å²) < 4.78 is 31.3. The molecule has 0 saturated carbocycles. The SMILES string of the molecule is COC(CNS(=O)(=O)CC(C)C)c1ccccc1.